The van der Waals surface area contributed by atoms with E-state index in [1.807, 2.05) is 0 Å². The molecule has 2 aliphatic rings. The summed E-state index contributed by atoms with van der Waals surface area (Å²) < 4.78 is 0. The summed E-state index contributed by atoms with van der Waals surface area (Å²) in [6.07, 6.45) is 4.95. The molecule has 1 N–H and O–H groups in total. The Morgan fingerprint density at radius 3 is 2.71 bits per heavy atom. The van der Waals surface area contributed by atoms with Gasteiger partial charge in [-0.15, -0.1) is 0 Å². The minimum atomic E-state index is 0.343. The Morgan fingerprint density at radius 1 is 1.33 bits per heavy atom. The van der Waals surface area contributed by atoms with Crippen molar-refractivity contribution in [2.75, 3.05) is 39.3 Å². The minimum Gasteiger partial charge on any atom is -0.339 e. The molecular formula is C17H33N3O. The molecule has 122 valence electrons. The van der Waals surface area contributed by atoms with E-state index in [4.69, 9.17) is 0 Å². The zero-order chi connectivity index (χ0) is 15.2. The fourth-order valence-corrected chi connectivity index (χ4v) is 3.34. The highest BCUT2D eigenvalue weighted by Gasteiger charge is 2.32. The van der Waals surface area contributed by atoms with Gasteiger partial charge in [-0.05, 0) is 64.1 Å². The van der Waals surface area contributed by atoms with Crippen LogP contribution in [0.25, 0.3) is 0 Å². The maximum atomic E-state index is 12.4. The molecule has 0 aromatic rings. The van der Waals surface area contributed by atoms with Crippen LogP contribution in [0.4, 0.5) is 0 Å². The first-order valence-corrected chi connectivity index (χ1v) is 8.82. The largest absolute Gasteiger partial charge is 0.339 e. The third-order valence-corrected chi connectivity index (χ3v) is 4.60. The van der Waals surface area contributed by atoms with E-state index in [1.165, 1.54) is 25.7 Å². The Hall–Kier alpha value is -0.610. The van der Waals surface area contributed by atoms with Crippen LogP contribution < -0.4 is 5.32 Å². The highest BCUT2D eigenvalue weighted by molar-refractivity contribution is 5.78. The van der Waals surface area contributed by atoms with Gasteiger partial charge >= 0.3 is 0 Å². The summed E-state index contributed by atoms with van der Waals surface area (Å²) in [5, 5.41) is 3.57. The summed E-state index contributed by atoms with van der Waals surface area (Å²) in [5.74, 6) is 1.76. The third-order valence-electron chi connectivity index (χ3n) is 4.60. The Labute approximate surface area is 130 Å². The standard InChI is InChI=1S/C17H33N3O/c1-4-20(16-7-8-16)17(21)13-19-9-5-6-15(12-19)11-18-10-14(2)3/h14-16,18H,4-13H2,1-3H3. The van der Waals surface area contributed by atoms with E-state index < -0.39 is 0 Å². The number of amides is 1. The van der Waals surface area contributed by atoms with Gasteiger partial charge in [-0.1, -0.05) is 13.8 Å². The lowest BCUT2D eigenvalue weighted by Gasteiger charge is -2.34. The summed E-state index contributed by atoms with van der Waals surface area (Å²) in [4.78, 5) is 16.9. The van der Waals surface area contributed by atoms with Gasteiger partial charge in [0.05, 0.1) is 6.54 Å². The van der Waals surface area contributed by atoms with Crippen molar-refractivity contribution >= 4 is 5.91 Å². The molecule has 2 rings (SSSR count). The normalized spacial score (nSPS) is 23.5. The van der Waals surface area contributed by atoms with E-state index in [0.717, 1.165) is 32.7 Å². The van der Waals surface area contributed by atoms with Crippen LogP contribution in [0.15, 0.2) is 0 Å². The van der Waals surface area contributed by atoms with Gasteiger partial charge in [0.1, 0.15) is 0 Å². The fraction of sp³-hybridized carbons (Fsp3) is 0.941. The van der Waals surface area contributed by atoms with Gasteiger partial charge in [-0.2, -0.15) is 0 Å². The minimum absolute atomic E-state index is 0.343. The maximum absolute atomic E-state index is 12.4. The summed E-state index contributed by atoms with van der Waals surface area (Å²) in [7, 11) is 0. The van der Waals surface area contributed by atoms with E-state index in [2.05, 4.69) is 35.9 Å². The summed E-state index contributed by atoms with van der Waals surface area (Å²) in [6.45, 7) is 12.5. The lowest BCUT2D eigenvalue weighted by molar-refractivity contribution is -0.133. The second-order valence-electron chi connectivity index (χ2n) is 7.21. The molecule has 2 fully saturated rings. The van der Waals surface area contributed by atoms with Crippen molar-refractivity contribution in [1.82, 2.24) is 15.1 Å². The van der Waals surface area contributed by atoms with Crippen LogP contribution in [-0.4, -0.2) is 61.0 Å². The molecule has 4 nitrogen and oxygen atoms in total. The summed E-state index contributed by atoms with van der Waals surface area (Å²) in [5.41, 5.74) is 0. The first kappa shape index (κ1) is 16.8. The van der Waals surface area contributed by atoms with E-state index in [-0.39, 0.29) is 0 Å². The molecule has 1 aliphatic heterocycles. The van der Waals surface area contributed by atoms with Crippen molar-refractivity contribution in [2.24, 2.45) is 11.8 Å². The van der Waals surface area contributed by atoms with E-state index in [0.29, 0.717) is 30.3 Å². The first-order valence-electron chi connectivity index (χ1n) is 8.82. The van der Waals surface area contributed by atoms with Gasteiger partial charge < -0.3 is 10.2 Å². The summed E-state index contributed by atoms with van der Waals surface area (Å²) in [6, 6.07) is 0.552. The number of likely N-dealkylation sites (N-methyl/N-ethyl adjacent to an activating group) is 1. The Morgan fingerprint density at radius 2 is 2.10 bits per heavy atom. The fourth-order valence-electron chi connectivity index (χ4n) is 3.34. The average Bonchev–Trinajstić information content (AvgIpc) is 3.24. The van der Waals surface area contributed by atoms with Crippen molar-refractivity contribution < 1.29 is 4.79 Å². The maximum Gasteiger partial charge on any atom is 0.236 e. The Balaban J connectivity index is 1.71. The topological polar surface area (TPSA) is 35.6 Å². The quantitative estimate of drug-likeness (QED) is 0.743. The van der Waals surface area contributed by atoms with E-state index in [1.54, 1.807) is 0 Å². The molecular weight excluding hydrogens is 262 g/mol. The number of likely N-dealkylation sites (tertiary alicyclic amines) is 1. The smallest absolute Gasteiger partial charge is 0.236 e. The van der Waals surface area contributed by atoms with E-state index in [9.17, 15) is 4.79 Å². The molecule has 1 aliphatic carbocycles. The van der Waals surface area contributed by atoms with Crippen LogP contribution >= 0.6 is 0 Å². The summed E-state index contributed by atoms with van der Waals surface area (Å²) >= 11 is 0. The van der Waals surface area contributed by atoms with Gasteiger partial charge in [-0.25, -0.2) is 0 Å². The average molecular weight is 295 g/mol. The van der Waals surface area contributed by atoms with Gasteiger partial charge in [-0.3, -0.25) is 9.69 Å². The zero-order valence-electron chi connectivity index (χ0n) is 14.1. The van der Waals surface area contributed by atoms with Gasteiger partial charge in [0.2, 0.25) is 5.91 Å². The van der Waals surface area contributed by atoms with Crippen molar-refractivity contribution in [1.29, 1.82) is 0 Å². The molecule has 1 atom stereocenters. The van der Waals surface area contributed by atoms with Crippen LogP contribution in [0.3, 0.4) is 0 Å². The van der Waals surface area contributed by atoms with Crippen molar-refractivity contribution in [2.45, 2.75) is 52.5 Å². The predicted octanol–water partition coefficient (Wildman–Crippen LogP) is 1.95. The van der Waals surface area contributed by atoms with Crippen LogP contribution in [0.1, 0.15) is 46.5 Å². The third kappa shape index (κ3) is 5.59. The van der Waals surface area contributed by atoms with Gasteiger partial charge in [0.25, 0.3) is 0 Å². The van der Waals surface area contributed by atoms with Gasteiger partial charge in [0.15, 0.2) is 0 Å². The first-order chi connectivity index (χ1) is 10.1. The predicted molar refractivity (Wildman–Crippen MR) is 87.3 cm³/mol. The highest BCUT2D eigenvalue weighted by Crippen LogP contribution is 2.27. The van der Waals surface area contributed by atoms with Crippen molar-refractivity contribution in [3.63, 3.8) is 0 Å². The lowest BCUT2D eigenvalue weighted by atomic mass is 9.97. The van der Waals surface area contributed by atoms with Crippen LogP contribution in [-0.2, 0) is 4.79 Å². The van der Waals surface area contributed by atoms with E-state index >= 15 is 0 Å². The molecule has 0 aromatic heterocycles. The van der Waals surface area contributed by atoms with Crippen molar-refractivity contribution in [3.8, 4) is 0 Å². The molecule has 0 bridgehead atoms. The number of rotatable bonds is 8. The Kier molecular flexibility index (Phi) is 6.49. The molecule has 4 heteroatoms. The number of hydrogen-bond acceptors (Lipinski definition) is 3. The molecule has 1 unspecified atom stereocenters. The molecule has 0 radical (unpaired) electrons. The number of carbonyl (C=O) groups excluding carboxylic acids is 1. The van der Waals surface area contributed by atoms with Gasteiger partial charge in [0, 0.05) is 19.1 Å². The molecule has 1 saturated carbocycles. The molecule has 0 aromatic carbocycles. The van der Waals surface area contributed by atoms with Crippen LogP contribution in [0.2, 0.25) is 0 Å². The number of nitrogens with one attached hydrogen (secondary N) is 1. The Bertz CT molecular complexity index is 328. The molecule has 0 spiro atoms. The SMILES string of the molecule is CCN(C(=O)CN1CCCC(CNCC(C)C)C1)C1CC1. The molecule has 1 amide bonds. The molecule has 21 heavy (non-hydrogen) atoms. The molecule has 1 heterocycles. The van der Waals surface area contributed by atoms with Crippen LogP contribution in [0, 0.1) is 11.8 Å². The highest BCUT2D eigenvalue weighted by atomic mass is 16.2. The van der Waals surface area contributed by atoms with Crippen LogP contribution in [0.5, 0.6) is 0 Å². The zero-order valence-corrected chi connectivity index (χ0v) is 14.1. The molecule has 1 saturated heterocycles. The van der Waals surface area contributed by atoms with Crippen molar-refractivity contribution in [3.05, 3.63) is 0 Å². The monoisotopic (exact) mass is 295 g/mol. The lowest BCUT2D eigenvalue weighted by Crippen LogP contribution is -2.46. The number of piperidine rings is 1. The second-order valence-corrected chi connectivity index (χ2v) is 7.21. The second kappa shape index (κ2) is 8.14. The number of nitrogens with zero attached hydrogens (tertiary/aromatic N) is 2. The number of hydrogen-bond donors (Lipinski definition) is 1. The number of carbonyl (C=O) groups is 1.